The lowest BCUT2D eigenvalue weighted by Gasteiger charge is -2.27. The number of carbonyl (C=O) groups is 1. The third-order valence-corrected chi connectivity index (χ3v) is 2.84. The Balaban J connectivity index is 2.53. The van der Waals surface area contributed by atoms with Crippen LogP contribution >= 0.6 is 0 Å². The predicted octanol–water partition coefficient (Wildman–Crippen LogP) is 3.17. The largest absolute Gasteiger partial charge is 0.481 e. The molecule has 0 atom stereocenters. The molecule has 1 aromatic rings. The molecule has 0 amide bonds. The molecule has 0 aliphatic carbocycles. The van der Waals surface area contributed by atoms with E-state index in [2.05, 4.69) is 4.90 Å². The number of rotatable bonds is 8. The third-order valence-electron chi connectivity index (χ3n) is 2.84. The van der Waals surface area contributed by atoms with Gasteiger partial charge in [-0.3, -0.25) is 4.79 Å². The number of carboxylic acid groups (broad SMARTS) is 1. The maximum Gasteiger partial charge on any atom is 0.303 e. The van der Waals surface area contributed by atoms with Crippen LogP contribution in [0.2, 0.25) is 0 Å². The predicted molar refractivity (Wildman–Crippen MR) is 81.2 cm³/mol. The fourth-order valence-corrected chi connectivity index (χ4v) is 1.89. The van der Waals surface area contributed by atoms with E-state index in [4.69, 9.17) is 9.84 Å². The van der Waals surface area contributed by atoms with Crippen LogP contribution < -0.4 is 4.90 Å². The zero-order valence-corrected chi connectivity index (χ0v) is 12.6. The second-order valence-electron chi connectivity index (χ2n) is 5.78. The van der Waals surface area contributed by atoms with Gasteiger partial charge in [-0.15, -0.1) is 0 Å². The van der Waals surface area contributed by atoms with E-state index in [1.165, 1.54) is 0 Å². The Hall–Kier alpha value is -1.55. The van der Waals surface area contributed by atoms with Gasteiger partial charge in [0, 0.05) is 25.2 Å². The Morgan fingerprint density at radius 2 is 1.85 bits per heavy atom. The Morgan fingerprint density at radius 1 is 1.20 bits per heavy atom. The fourth-order valence-electron chi connectivity index (χ4n) is 1.89. The van der Waals surface area contributed by atoms with Crippen LogP contribution in [0.15, 0.2) is 30.3 Å². The van der Waals surface area contributed by atoms with Gasteiger partial charge < -0.3 is 14.7 Å². The molecule has 4 nitrogen and oxygen atoms in total. The number of aliphatic carboxylic acids is 1. The van der Waals surface area contributed by atoms with Crippen LogP contribution in [0.5, 0.6) is 0 Å². The first-order valence-electron chi connectivity index (χ1n) is 7.04. The zero-order chi connectivity index (χ0) is 15.0. The number of carboxylic acids is 1. The van der Waals surface area contributed by atoms with Gasteiger partial charge in [0.25, 0.3) is 0 Å². The van der Waals surface area contributed by atoms with Gasteiger partial charge in [0.05, 0.1) is 12.2 Å². The molecule has 112 valence electrons. The van der Waals surface area contributed by atoms with Crippen LogP contribution in [0.25, 0.3) is 0 Å². The summed E-state index contributed by atoms with van der Waals surface area (Å²) in [6.07, 6.45) is 0.837. The molecule has 20 heavy (non-hydrogen) atoms. The van der Waals surface area contributed by atoms with E-state index in [1.54, 1.807) is 0 Å². The Morgan fingerprint density at radius 3 is 2.40 bits per heavy atom. The molecule has 0 fully saturated rings. The molecule has 0 heterocycles. The van der Waals surface area contributed by atoms with Gasteiger partial charge in [0.2, 0.25) is 0 Å². The highest BCUT2D eigenvalue weighted by Crippen LogP contribution is 2.15. The average molecular weight is 279 g/mol. The van der Waals surface area contributed by atoms with Crippen molar-refractivity contribution in [2.75, 3.05) is 24.6 Å². The third kappa shape index (κ3) is 7.14. The van der Waals surface area contributed by atoms with Crippen molar-refractivity contribution in [2.45, 2.75) is 39.2 Å². The normalized spacial score (nSPS) is 11.3. The number of hydrogen-bond acceptors (Lipinski definition) is 3. The van der Waals surface area contributed by atoms with Crippen molar-refractivity contribution in [3.05, 3.63) is 30.3 Å². The molecule has 4 heteroatoms. The number of hydrogen-bond donors (Lipinski definition) is 1. The van der Waals surface area contributed by atoms with E-state index in [9.17, 15) is 4.79 Å². The first-order chi connectivity index (χ1) is 9.38. The molecule has 0 bridgehead atoms. The molecule has 1 rings (SSSR count). The smallest absolute Gasteiger partial charge is 0.303 e. The number of ether oxygens (including phenoxy) is 1. The summed E-state index contributed by atoms with van der Waals surface area (Å²) in [5, 5.41) is 8.74. The molecule has 0 spiro atoms. The molecule has 0 unspecified atom stereocenters. The van der Waals surface area contributed by atoms with E-state index >= 15 is 0 Å². The maximum atomic E-state index is 10.6. The average Bonchev–Trinajstić information content (AvgIpc) is 2.36. The minimum atomic E-state index is -0.746. The monoisotopic (exact) mass is 279 g/mol. The molecule has 0 saturated carbocycles. The lowest BCUT2D eigenvalue weighted by atomic mass is 10.2. The SMILES string of the molecule is CC(C)(C)OCCN(CCCC(=O)O)c1ccccc1. The Labute approximate surface area is 121 Å². The lowest BCUT2D eigenvalue weighted by molar-refractivity contribution is -0.137. The van der Waals surface area contributed by atoms with Gasteiger partial charge in [-0.1, -0.05) is 18.2 Å². The zero-order valence-electron chi connectivity index (χ0n) is 12.6. The lowest BCUT2D eigenvalue weighted by Crippen LogP contribution is -2.31. The van der Waals surface area contributed by atoms with Gasteiger partial charge in [0.15, 0.2) is 0 Å². The minimum absolute atomic E-state index is 0.149. The van der Waals surface area contributed by atoms with Crippen molar-refractivity contribution in [1.82, 2.24) is 0 Å². The quantitative estimate of drug-likeness (QED) is 0.794. The van der Waals surface area contributed by atoms with Gasteiger partial charge in [-0.25, -0.2) is 0 Å². The van der Waals surface area contributed by atoms with Crippen molar-refractivity contribution in [3.8, 4) is 0 Å². The van der Waals surface area contributed by atoms with Crippen molar-refractivity contribution in [1.29, 1.82) is 0 Å². The standard InChI is InChI=1S/C16H25NO3/c1-16(2,3)20-13-12-17(11-7-10-15(18)19)14-8-5-4-6-9-14/h4-6,8-9H,7,10-13H2,1-3H3,(H,18,19). The second kappa shape index (κ2) is 7.90. The van der Waals surface area contributed by atoms with E-state index in [0.717, 1.165) is 18.8 Å². The van der Waals surface area contributed by atoms with Crippen molar-refractivity contribution in [3.63, 3.8) is 0 Å². The van der Waals surface area contributed by atoms with Crippen molar-refractivity contribution in [2.24, 2.45) is 0 Å². The number of para-hydroxylation sites is 1. The topological polar surface area (TPSA) is 49.8 Å². The second-order valence-corrected chi connectivity index (χ2v) is 5.78. The van der Waals surface area contributed by atoms with Crippen LogP contribution in [0.4, 0.5) is 5.69 Å². The molecule has 0 aliphatic heterocycles. The summed E-state index contributed by atoms with van der Waals surface area (Å²) >= 11 is 0. The van der Waals surface area contributed by atoms with Crippen LogP contribution in [0.1, 0.15) is 33.6 Å². The van der Waals surface area contributed by atoms with Crippen molar-refractivity contribution < 1.29 is 14.6 Å². The molecular weight excluding hydrogens is 254 g/mol. The summed E-state index contributed by atoms with van der Waals surface area (Å²) < 4.78 is 5.75. The minimum Gasteiger partial charge on any atom is -0.481 e. The molecule has 0 aliphatic rings. The molecule has 1 N–H and O–H groups in total. The molecule has 1 aromatic carbocycles. The van der Waals surface area contributed by atoms with E-state index in [1.807, 2.05) is 51.1 Å². The molecule has 0 radical (unpaired) electrons. The summed E-state index contributed by atoms with van der Waals surface area (Å²) in [6, 6.07) is 10.0. The number of benzene rings is 1. The Kier molecular flexibility index (Phi) is 6.52. The van der Waals surface area contributed by atoms with Crippen LogP contribution in [-0.2, 0) is 9.53 Å². The first kappa shape index (κ1) is 16.5. The highest BCUT2D eigenvalue weighted by atomic mass is 16.5. The number of anilines is 1. The van der Waals surface area contributed by atoms with Gasteiger partial charge >= 0.3 is 5.97 Å². The highest BCUT2D eigenvalue weighted by Gasteiger charge is 2.12. The molecule has 0 aromatic heterocycles. The van der Waals surface area contributed by atoms with Crippen molar-refractivity contribution >= 4 is 11.7 Å². The fraction of sp³-hybridized carbons (Fsp3) is 0.562. The summed E-state index contributed by atoms with van der Waals surface area (Å²) in [5.41, 5.74) is 0.957. The summed E-state index contributed by atoms with van der Waals surface area (Å²) in [7, 11) is 0. The summed E-state index contributed by atoms with van der Waals surface area (Å²) in [5.74, 6) is -0.746. The molecule has 0 saturated heterocycles. The van der Waals surface area contributed by atoms with Gasteiger partial charge in [-0.2, -0.15) is 0 Å². The van der Waals surface area contributed by atoms with Crippen LogP contribution in [0.3, 0.4) is 0 Å². The van der Waals surface area contributed by atoms with Gasteiger partial charge in [-0.05, 0) is 39.3 Å². The highest BCUT2D eigenvalue weighted by molar-refractivity contribution is 5.66. The molecular formula is C16H25NO3. The summed E-state index contributed by atoms with van der Waals surface area (Å²) in [6.45, 7) is 8.22. The summed E-state index contributed by atoms with van der Waals surface area (Å²) in [4.78, 5) is 12.8. The van der Waals surface area contributed by atoms with E-state index in [0.29, 0.717) is 13.0 Å². The Bertz CT molecular complexity index is 398. The first-order valence-corrected chi connectivity index (χ1v) is 7.04. The van der Waals surface area contributed by atoms with Gasteiger partial charge in [0.1, 0.15) is 0 Å². The maximum absolute atomic E-state index is 10.6. The number of nitrogens with zero attached hydrogens (tertiary/aromatic N) is 1. The van der Waals surface area contributed by atoms with Crippen LogP contribution in [-0.4, -0.2) is 36.4 Å². The van der Waals surface area contributed by atoms with E-state index in [-0.39, 0.29) is 12.0 Å². The van der Waals surface area contributed by atoms with E-state index < -0.39 is 5.97 Å². The van der Waals surface area contributed by atoms with Crippen LogP contribution in [0, 0.1) is 0 Å².